The molecule has 0 N–H and O–H groups in total. The number of aromatic nitrogens is 5. The van der Waals surface area contributed by atoms with E-state index in [1.165, 1.54) is 10.8 Å². The molecule has 0 aromatic carbocycles. The Morgan fingerprint density at radius 2 is 2.20 bits per heavy atom. The van der Waals surface area contributed by atoms with E-state index in [0.29, 0.717) is 6.54 Å². The van der Waals surface area contributed by atoms with Crippen molar-refractivity contribution in [2.45, 2.75) is 13.5 Å². The zero-order valence-electron chi connectivity index (χ0n) is 8.58. The summed E-state index contributed by atoms with van der Waals surface area (Å²) in [4.78, 5) is 15.0. The van der Waals surface area contributed by atoms with E-state index in [9.17, 15) is 4.79 Å². The van der Waals surface area contributed by atoms with E-state index in [2.05, 4.69) is 15.2 Å². The summed E-state index contributed by atoms with van der Waals surface area (Å²) in [5.74, 6) is 1.56. The summed E-state index contributed by atoms with van der Waals surface area (Å²) in [6.45, 7) is 2.26. The van der Waals surface area contributed by atoms with Crippen LogP contribution < -0.4 is 5.69 Å². The Kier molecular flexibility index (Phi) is 2.32. The molecule has 0 saturated carbocycles. The number of rotatable bonds is 2. The van der Waals surface area contributed by atoms with Crippen molar-refractivity contribution in [3.05, 3.63) is 40.6 Å². The predicted octanol–water partition coefficient (Wildman–Crippen LogP) is -0.271. The normalized spacial score (nSPS) is 10.5. The standard InChI is InChI=1S/C9H11N5O/c1-7-11-12-8(13(7)2)6-14-5-3-4-10-9(14)15/h3-5H,6H2,1-2H3. The Hall–Kier alpha value is -1.98. The fourth-order valence-electron chi connectivity index (χ4n) is 1.25. The summed E-state index contributed by atoms with van der Waals surface area (Å²) in [5, 5.41) is 7.90. The number of hydrogen-bond donors (Lipinski definition) is 0. The first-order valence-electron chi connectivity index (χ1n) is 4.55. The minimum absolute atomic E-state index is 0.279. The summed E-state index contributed by atoms with van der Waals surface area (Å²) in [7, 11) is 1.87. The number of nitrogens with zero attached hydrogens (tertiary/aromatic N) is 5. The number of hydrogen-bond acceptors (Lipinski definition) is 4. The first-order valence-corrected chi connectivity index (χ1v) is 4.55. The van der Waals surface area contributed by atoms with Crippen molar-refractivity contribution < 1.29 is 0 Å². The highest BCUT2D eigenvalue weighted by Crippen LogP contribution is 1.98. The molecule has 0 amide bonds. The molecule has 2 rings (SSSR count). The third-order valence-corrected chi connectivity index (χ3v) is 2.28. The highest BCUT2D eigenvalue weighted by molar-refractivity contribution is 4.94. The SMILES string of the molecule is Cc1nnc(Cn2cccnc2=O)n1C. The monoisotopic (exact) mass is 205 g/mol. The third kappa shape index (κ3) is 1.78. The van der Waals surface area contributed by atoms with Gasteiger partial charge in [0.05, 0.1) is 6.54 Å². The fourth-order valence-corrected chi connectivity index (χ4v) is 1.25. The lowest BCUT2D eigenvalue weighted by Gasteiger charge is -2.03. The van der Waals surface area contributed by atoms with E-state index in [1.807, 2.05) is 18.5 Å². The van der Waals surface area contributed by atoms with Crippen molar-refractivity contribution in [2.75, 3.05) is 0 Å². The van der Waals surface area contributed by atoms with Gasteiger partial charge in [0.1, 0.15) is 5.82 Å². The lowest BCUT2D eigenvalue weighted by molar-refractivity contribution is 0.655. The van der Waals surface area contributed by atoms with Crippen LogP contribution in [0.3, 0.4) is 0 Å². The van der Waals surface area contributed by atoms with Crippen molar-refractivity contribution in [1.29, 1.82) is 0 Å². The Morgan fingerprint density at radius 3 is 2.80 bits per heavy atom. The fraction of sp³-hybridized carbons (Fsp3) is 0.333. The van der Waals surface area contributed by atoms with Gasteiger partial charge in [-0.2, -0.15) is 0 Å². The molecule has 0 fully saturated rings. The van der Waals surface area contributed by atoms with Crippen LogP contribution >= 0.6 is 0 Å². The van der Waals surface area contributed by atoms with E-state index >= 15 is 0 Å². The van der Waals surface area contributed by atoms with Crippen LogP contribution in [0, 0.1) is 6.92 Å². The molecule has 0 aliphatic heterocycles. The van der Waals surface area contributed by atoms with E-state index in [4.69, 9.17) is 0 Å². The Bertz CT molecular complexity index is 527. The van der Waals surface area contributed by atoms with Crippen LogP contribution in [0.25, 0.3) is 0 Å². The van der Waals surface area contributed by atoms with Gasteiger partial charge < -0.3 is 4.57 Å². The van der Waals surface area contributed by atoms with E-state index in [1.54, 1.807) is 12.3 Å². The molecule has 0 bridgehead atoms. The van der Waals surface area contributed by atoms with Gasteiger partial charge in [-0.05, 0) is 13.0 Å². The molecule has 0 saturated heterocycles. The van der Waals surface area contributed by atoms with Crippen LogP contribution in [0.2, 0.25) is 0 Å². The highest BCUT2D eigenvalue weighted by Gasteiger charge is 2.05. The minimum Gasteiger partial charge on any atom is -0.317 e. The van der Waals surface area contributed by atoms with Crippen LogP contribution in [-0.2, 0) is 13.6 Å². The molecular formula is C9H11N5O. The van der Waals surface area contributed by atoms with Gasteiger partial charge in [-0.3, -0.25) is 4.57 Å². The summed E-state index contributed by atoms with van der Waals surface area (Å²) in [6, 6.07) is 1.71. The summed E-state index contributed by atoms with van der Waals surface area (Å²) < 4.78 is 3.34. The topological polar surface area (TPSA) is 65.6 Å². The van der Waals surface area contributed by atoms with Crippen molar-refractivity contribution in [3.63, 3.8) is 0 Å². The Labute approximate surface area is 86.2 Å². The maximum Gasteiger partial charge on any atom is 0.347 e. The highest BCUT2D eigenvalue weighted by atomic mass is 16.1. The zero-order chi connectivity index (χ0) is 10.8. The summed E-state index contributed by atoms with van der Waals surface area (Å²) in [6.07, 6.45) is 3.15. The summed E-state index contributed by atoms with van der Waals surface area (Å²) >= 11 is 0. The van der Waals surface area contributed by atoms with Gasteiger partial charge in [0.2, 0.25) is 0 Å². The molecule has 0 aliphatic rings. The van der Waals surface area contributed by atoms with Crippen LogP contribution in [-0.4, -0.2) is 24.3 Å². The van der Waals surface area contributed by atoms with Crippen molar-refractivity contribution in [3.8, 4) is 0 Å². The lowest BCUT2D eigenvalue weighted by Crippen LogP contribution is -2.23. The molecule has 2 heterocycles. The molecule has 0 aliphatic carbocycles. The molecule has 0 unspecified atom stereocenters. The molecule has 0 spiro atoms. The average Bonchev–Trinajstić information content (AvgIpc) is 2.53. The van der Waals surface area contributed by atoms with Gasteiger partial charge in [0.15, 0.2) is 5.82 Å². The van der Waals surface area contributed by atoms with Crippen LogP contribution in [0.4, 0.5) is 0 Å². The van der Waals surface area contributed by atoms with Crippen molar-refractivity contribution in [1.82, 2.24) is 24.3 Å². The van der Waals surface area contributed by atoms with Crippen molar-refractivity contribution >= 4 is 0 Å². The smallest absolute Gasteiger partial charge is 0.317 e. The molecule has 6 heteroatoms. The van der Waals surface area contributed by atoms with Crippen LogP contribution in [0.1, 0.15) is 11.6 Å². The van der Waals surface area contributed by atoms with Gasteiger partial charge in [0, 0.05) is 19.4 Å². The average molecular weight is 205 g/mol. The lowest BCUT2D eigenvalue weighted by atomic mass is 10.5. The first-order chi connectivity index (χ1) is 7.18. The second kappa shape index (κ2) is 3.64. The quantitative estimate of drug-likeness (QED) is 0.676. The summed E-state index contributed by atoms with van der Waals surface area (Å²) in [5.41, 5.74) is -0.279. The maximum atomic E-state index is 11.3. The van der Waals surface area contributed by atoms with E-state index in [0.717, 1.165) is 11.6 Å². The Balaban J connectivity index is 2.34. The van der Waals surface area contributed by atoms with Gasteiger partial charge in [-0.25, -0.2) is 9.78 Å². The van der Waals surface area contributed by atoms with Crippen molar-refractivity contribution in [2.24, 2.45) is 7.05 Å². The Morgan fingerprint density at radius 1 is 1.40 bits per heavy atom. The maximum absolute atomic E-state index is 11.3. The number of aryl methyl sites for hydroxylation is 1. The van der Waals surface area contributed by atoms with Gasteiger partial charge >= 0.3 is 5.69 Å². The second-order valence-corrected chi connectivity index (χ2v) is 3.25. The van der Waals surface area contributed by atoms with Gasteiger partial charge in [-0.1, -0.05) is 0 Å². The van der Waals surface area contributed by atoms with E-state index < -0.39 is 0 Å². The minimum atomic E-state index is -0.279. The molecule has 2 aromatic heterocycles. The largest absolute Gasteiger partial charge is 0.347 e. The zero-order valence-corrected chi connectivity index (χ0v) is 8.58. The molecule has 2 aromatic rings. The van der Waals surface area contributed by atoms with Gasteiger partial charge in [0.25, 0.3) is 0 Å². The second-order valence-electron chi connectivity index (χ2n) is 3.25. The first kappa shape index (κ1) is 9.57. The molecular weight excluding hydrogens is 194 g/mol. The predicted molar refractivity (Wildman–Crippen MR) is 53.3 cm³/mol. The van der Waals surface area contributed by atoms with E-state index in [-0.39, 0.29) is 5.69 Å². The van der Waals surface area contributed by atoms with Gasteiger partial charge in [-0.15, -0.1) is 10.2 Å². The molecule has 0 radical (unpaired) electrons. The molecule has 6 nitrogen and oxygen atoms in total. The molecule has 15 heavy (non-hydrogen) atoms. The third-order valence-electron chi connectivity index (χ3n) is 2.28. The molecule has 78 valence electrons. The molecule has 0 atom stereocenters. The van der Waals surface area contributed by atoms with Crippen LogP contribution in [0.15, 0.2) is 23.3 Å². The van der Waals surface area contributed by atoms with Crippen LogP contribution in [0.5, 0.6) is 0 Å².